The Hall–Kier alpha value is -3.28. The van der Waals surface area contributed by atoms with E-state index in [0.29, 0.717) is 0 Å². The fourth-order valence-corrected chi connectivity index (χ4v) is 2.23. The van der Waals surface area contributed by atoms with Crippen LogP contribution in [0.1, 0.15) is 0 Å². The van der Waals surface area contributed by atoms with Gasteiger partial charge >= 0.3 is 34.1 Å². The van der Waals surface area contributed by atoms with E-state index in [-0.39, 0.29) is 34.1 Å². The summed E-state index contributed by atoms with van der Waals surface area (Å²) in [6.07, 6.45) is 0. The Morgan fingerprint density at radius 1 is 0.375 bits per heavy atom. The van der Waals surface area contributed by atoms with Crippen LogP contribution in [0.2, 0.25) is 0 Å². The summed E-state index contributed by atoms with van der Waals surface area (Å²) >= 11 is 0. The average molecular weight is 520 g/mol. The summed E-state index contributed by atoms with van der Waals surface area (Å²) in [7, 11) is 0. The summed E-state index contributed by atoms with van der Waals surface area (Å²) in [5.41, 5.74) is 11.1. The van der Waals surface area contributed by atoms with Crippen molar-refractivity contribution in [2.75, 3.05) is 0 Å². The maximum Gasteiger partial charge on any atom is 1.00 e. The molecular weight excluding hydrogens is 499 g/mol. The number of benzene rings is 4. The van der Waals surface area contributed by atoms with Crippen LogP contribution >= 0.6 is 0 Å². The number of nitrogens with zero attached hydrogens (tertiary/aromatic N) is 6. The van der Waals surface area contributed by atoms with Crippen molar-refractivity contribution in [1.82, 2.24) is 0 Å². The summed E-state index contributed by atoms with van der Waals surface area (Å²) in [6.45, 7) is 0. The van der Waals surface area contributed by atoms with Gasteiger partial charge in [0.2, 0.25) is 0 Å². The number of hydrogen-bond acceptors (Lipinski definition) is 4. The fraction of sp³-hybridized carbons (Fsp3) is 0. The zero-order valence-corrected chi connectivity index (χ0v) is 18.7. The van der Waals surface area contributed by atoms with Gasteiger partial charge in [0.15, 0.2) is 0 Å². The molecule has 0 heterocycles. The Balaban J connectivity index is 0.000000301. The Bertz CT molecular complexity index is 944. The fourth-order valence-electron chi connectivity index (χ4n) is 2.23. The maximum atomic E-state index is 3.96. The SMILES string of the molecule is [Cu+].[Cu+].c1ccc(N=N[N-]c2ccccc2)cc1.c1ccc(N=N[N-]c2ccccc2)cc1. The molecular formula is C24H20Cu2N6. The predicted octanol–water partition coefficient (Wildman–Crippen LogP) is 8.78. The van der Waals surface area contributed by atoms with Gasteiger partial charge in [-0.1, -0.05) is 121 Å². The molecule has 0 saturated carbocycles. The molecule has 0 fully saturated rings. The molecule has 6 nitrogen and oxygen atoms in total. The second-order valence-electron chi connectivity index (χ2n) is 5.92. The summed E-state index contributed by atoms with van der Waals surface area (Å²) < 4.78 is 0. The second-order valence-corrected chi connectivity index (χ2v) is 5.92. The van der Waals surface area contributed by atoms with Crippen molar-refractivity contribution < 1.29 is 34.1 Å². The first-order chi connectivity index (χ1) is 14.9. The molecule has 0 aliphatic carbocycles. The van der Waals surface area contributed by atoms with E-state index in [4.69, 9.17) is 0 Å². The monoisotopic (exact) mass is 518 g/mol. The van der Waals surface area contributed by atoms with E-state index in [1.807, 2.05) is 121 Å². The molecule has 168 valence electrons. The van der Waals surface area contributed by atoms with Crippen LogP contribution in [0.3, 0.4) is 0 Å². The predicted molar refractivity (Wildman–Crippen MR) is 121 cm³/mol. The van der Waals surface area contributed by atoms with Crippen LogP contribution in [0.5, 0.6) is 0 Å². The summed E-state index contributed by atoms with van der Waals surface area (Å²) in [6, 6.07) is 38.1. The van der Waals surface area contributed by atoms with Crippen LogP contribution in [0.15, 0.2) is 142 Å². The van der Waals surface area contributed by atoms with E-state index in [2.05, 4.69) is 31.5 Å². The van der Waals surface area contributed by atoms with Crippen molar-refractivity contribution in [3.05, 3.63) is 132 Å². The van der Waals surface area contributed by atoms with E-state index in [0.717, 1.165) is 22.7 Å². The standard InChI is InChI=1S/2C12H10N3.2Cu/c2*1-3-7-11(8-4-1)13-15-14-12-9-5-2-6-10-12;;/h2*1-10H;;/q2*-1;2*+1. The molecule has 4 aromatic rings. The van der Waals surface area contributed by atoms with Gasteiger partial charge in [0, 0.05) is 0 Å². The van der Waals surface area contributed by atoms with Crippen molar-refractivity contribution >= 4 is 22.7 Å². The second kappa shape index (κ2) is 16.4. The number of rotatable bonds is 6. The topological polar surface area (TPSA) is 77.6 Å². The zero-order valence-electron chi connectivity index (χ0n) is 16.8. The van der Waals surface area contributed by atoms with Crippen LogP contribution in [-0.2, 0) is 34.1 Å². The van der Waals surface area contributed by atoms with E-state index in [1.54, 1.807) is 0 Å². The van der Waals surface area contributed by atoms with E-state index >= 15 is 0 Å². The average Bonchev–Trinajstić information content (AvgIpc) is 2.82. The van der Waals surface area contributed by atoms with Gasteiger partial charge in [-0.15, -0.1) is 0 Å². The quantitative estimate of drug-likeness (QED) is 0.139. The largest absolute Gasteiger partial charge is 1.00 e. The molecule has 0 aliphatic rings. The molecule has 8 heteroatoms. The van der Waals surface area contributed by atoms with E-state index in [1.165, 1.54) is 0 Å². The van der Waals surface area contributed by atoms with Crippen molar-refractivity contribution in [1.29, 1.82) is 0 Å². The zero-order chi connectivity index (χ0) is 20.7. The van der Waals surface area contributed by atoms with Gasteiger partial charge in [0.1, 0.15) is 0 Å². The molecule has 0 radical (unpaired) electrons. The van der Waals surface area contributed by atoms with Crippen molar-refractivity contribution in [2.24, 2.45) is 20.7 Å². The minimum Gasteiger partial charge on any atom is -0.350 e. The summed E-state index contributed by atoms with van der Waals surface area (Å²) in [4.78, 5) is 0. The van der Waals surface area contributed by atoms with Crippen LogP contribution < -0.4 is 0 Å². The first-order valence-corrected chi connectivity index (χ1v) is 9.34. The van der Waals surface area contributed by atoms with Crippen LogP contribution in [0, 0.1) is 0 Å². The van der Waals surface area contributed by atoms with Crippen LogP contribution in [-0.4, -0.2) is 0 Å². The minimum absolute atomic E-state index is 0. The van der Waals surface area contributed by atoms with Gasteiger partial charge in [-0.3, -0.25) is 10.4 Å². The van der Waals surface area contributed by atoms with Gasteiger partial charge in [0.05, 0.1) is 0 Å². The Morgan fingerprint density at radius 2 is 0.656 bits per heavy atom. The molecule has 0 atom stereocenters. The number of hydrogen-bond donors (Lipinski definition) is 0. The Morgan fingerprint density at radius 3 is 0.969 bits per heavy atom. The van der Waals surface area contributed by atoms with Crippen LogP contribution in [0.4, 0.5) is 22.7 Å². The third kappa shape index (κ3) is 10.7. The molecule has 0 bridgehead atoms. The molecule has 0 saturated heterocycles. The van der Waals surface area contributed by atoms with Gasteiger partial charge in [0.25, 0.3) is 0 Å². The van der Waals surface area contributed by atoms with Gasteiger partial charge in [-0.2, -0.15) is 0 Å². The van der Waals surface area contributed by atoms with E-state index in [9.17, 15) is 0 Å². The molecule has 4 aromatic carbocycles. The van der Waals surface area contributed by atoms with Gasteiger partial charge in [-0.25, -0.2) is 0 Å². The third-order valence-corrected chi connectivity index (χ3v) is 3.67. The molecule has 0 N–H and O–H groups in total. The molecule has 4 rings (SSSR count). The summed E-state index contributed by atoms with van der Waals surface area (Å²) in [5, 5.41) is 15.4. The van der Waals surface area contributed by atoms with Crippen molar-refractivity contribution in [2.45, 2.75) is 0 Å². The van der Waals surface area contributed by atoms with Gasteiger partial charge in [-0.05, 0) is 22.7 Å². The molecule has 0 aromatic heterocycles. The molecule has 32 heavy (non-hydrogen) atoms. The van der Waals surface area contributed by atoms with Gasteiger partial charge < -0.3 is 21.1 Å². The first-order valence-electron chi connectivity index (χ1n) is 9.34. The maximum absolute atomic E-state index is 3.96. The molecule has 0 amide bonds. The molecule has 0 aliphatic heterocycles. The Labute approximate surface area is 209 Å². The van der Waals surface area contributed by atoms with Crippen molar-refractivity contribution in [3.63, 3.8) is 0 Å². The van der Waals surface area contributed by atoms with E-state index < -0.39 is 0 Å². The molecule has 0 unspecified atom stereocenters. The minimum atomic E-state index is 0. The van der Waals surface area contributed by atoms with Crippen LogP contribution in [0.25, 0.3) is 10.9 Å². The smallest absolute Gasteiger partial charge is 0.350 e. The summed E-state index contributed by atoms with van der Waals surface area (Å²) in [5.74, 6) is 0. The third-order valence-electron chi connectivity index (χ3n) is 3.67. The Kier molecular flexibility index (Phi) is 13.7. The normalized spacial score (nSPS) is 9.75. The molecule has 0 spiro atoms. The van der Waals surface area contributed by atoms with Crippen molar-refractivity contribution in [3.8, 4) is 0 Å². The first kappa shape index (κ1) is 26.8.